The predicted molar refractivity (Wildman–Crippen MR) is 97.4 cm³/mol. The lowest BCUT2D eigenvalue weighted by Gasteiger charge is -2.36. The van der Waals surface area contributed by atoms with Gasteiger partial charge in [0.05, 0.1) is 5.56 Å². The minimum absolute atomic E-state index is 0.115. The van der Waals surface area contributed by atoms with E-state index in [4.69, 9.17) is 26.8 Å². The van der Waals surface area contributed by atoms with Crippen molar-refractivity contribution in [2.45, 2.75) is 46.1 Å². The molecule has 1 aromatic carbocycles. The van der Waals surface area contributed by atoms with Gasteiger partial charge in [0.15, 0.2) is 6.61 Å². The molecule has 0 saturated heterocycles. The van der Waals surface area contributed by atoms with Crippen LogP contribution in [-0.4, -0.2) is 24.6 Å². The molecule has 0 heterocycles. The van der Waals surface area contributed by atoms with Gasteiger partial charge in [0.1, 0.15) is 6.10 Å². The van der Waals surface area contributed by atoms with Gasteiger partial charge >= 0.3 is 11.9 Å². The average molecular weight is 368 g/mol. The van der Waals surface area contributed by atoms with Crippen LogP contribution < -0.4 is 5.73 Å². The predicted octanol–water partition coefficient (Wildman–Crippen LogP) is 4.08. The van der Waals surface area contributed by atoms with Gasteiger partial charge in [0, 0.05) is 10.7 Å². The van der Waals surface area contributed by atoms with Gasteiger partial charge < -0.3 is 15.2 Å². The lowest BCUT2D eigenvalue weighted by molar-refractivity contribution is -0.159. The van der Waals surface area contributed by atoms with Gasteiger partial charge in [0.2, 0.25) is 0 Å². The van der Waals surface area contributed by atoms with E-state index in [0.29, 0.717) is 22.8 Å². The largest absolute Gasteiger partial charge is 0.460 e. The van der Waals surface area contributed by atoms with Gasteiger partial charge in [-0.2, -0.15) is 0 Å². The summed E-state index contributed by atoms with van der Waals surface area (Å²) in [6.07, 6.45) is 2.95. The number of anilines is 1. The van der Waals surface area contributed by atoms with E-state index in [1.165, 1.54) is 12.1 Å². The van der Waals surface area contributed by atoms with Crippen molar-refractivity contribution in [1.29, 1.82) is 0 Å². The number of benzene rings is 1. The van der Waals surface area contributed by atoms with Crippen LogP contribution in [-0.2, 0) is 14.3 Å². The summed E-state index contributed by atoms with van der Waals surface area (Å²) in [6, 6.07) is 4.49. The van der Waals surface area contributed by atoms with Crippen molar-refractivity contribution in [1.82, 2.24) is 0 Å². The second-order valence-corrected chi connectivity index (χ2v) is 7.60. The van der Waals surface area contributed by atoms with Gasteiger partial charge in [0.25, 0.3) is 0 Å². The summed E-state index contributed by atoms with van der Waals surface area (Å²) in [4.78, 5) is 24.2. The number of hydrogen-bond acceptors (Lipinski definition) is 5. The highest BCUT2D eigenvalue weighted by Gasteiger charge is 2.33. The Bertz CT molecular complexity index is 632. The van der Waals surface area contributed by atoms with Crippen LogP contribution in [0.25, 0.3) is 0 Å². The third-order valence-electron chi connectivity index (χ3n) is 4.80. The molecule has 5 nitrogen and oxygen atoms in total. The van der Waals surface area contributed by atoms with E-state index in [0.717, 1.165) is 19.3 Å². The Morgan fingerprint density at radius 3 is 2.68 bits per heavy atom. The summed E-state index contributed by atoms with van der Waals surface area (Å²) in [5.74, 6) is 0.142. The molecule has 6 heteroatoms. The Labute approximate surface area is 153 Å². The molecule has 1 aliphatic carbocycles. The van der Waals surface area contributed by atoms with Crippen molar-refractivity contribution in [3.63, 3.8) is 0 Å². The molecule has 138 valence electrons. The van der Waals surface area contributed by atoms with Crippen LogP contribution >= 0.6 is 11.6 Å². The van der Waals surface area contributed by atoms with Crippen molar-refractivity contribution in [3.8, 4) is 0 Å². The van der Waals surface area contributed by atoms with Gasteiger partial charge in [-0.25, -0.2) is 9.59 Å². The third kappa shape index (κ3) is 5.36. The van der Waals surface area contributed by atoms with Crippen LogP contribution in [0.3, 0.4) is 0 Å². The molecule has 2 rings (SSSR count). The molecule has 0 bridgehead atoms. The first-order valence-electron chi connectivity index (χ1n) is 8.69. The first kappa shape index (κ1) is 19.6. The highest BCUT2D eigenvalue weighted by Crippen LogP contribution is 2.35. The van der Waals surface area contributed by atoms with Crippen LogP contribution in [0.15, 0.2) is 18.2 Å². The Balaban J connectivity index is 1.90. The maximum Gasteiger partial charge on any atom is 0.344 e. The summed E-state index contributed by atoms with van der Waals surface area (Å²) < 4.78 is 10.6. The fourth-order valence-corrected chi connectivity index (χ4v) is 3.56. The number of hydrogen-bond donors (Lipinski definition) is 1. The van der Waals surface area contributed by atoms with Crippen LogP contribution in [0.2, 0.25) is 5.02 Å². The van der Waals surface area contributed by atoms with Crippen molar-refractivity contribution in [2.24, 2.45) is 17.8 Å². The zero-order chi connectivity index (χ0) is 18.6. The van der Waals surface area contributed by atoms with E-state index in [9.17, 15) is 9.59 Å². The van der Waals surface area contributed by atoms with Gasteiger partial charge in [-0.15, -0.1) is 0 Å². The van der Waals surface area contributed by atoms with E-state index in [-0.39, 0.29) is 17.4 Å². The van der Waals surface area contributed by atoms with Crippen molar-refractivity contribution in [3.05, 3.63) is 28.8 Å². The minimum Gasteiger partial charge on any atom is -0.460 e. The monoisotopic (exact) mass is 367 g/mol. The Kier molecular flexibility index (Phi) is 6.71. The normalized spacial score (nSPS) is 23.3. The highest BCUT2D eigenvalue weighted by atomic mass is 35.5. The molecule has 25 heavy (non-hydrogen) atoms. The SMILES string of the molecule is CC(C)[C@H]1CC[C@@H](C)C[C@@H]1OC(=O)COC(=O)c1ccc(Cl)cc1N. The van der Waals surface area contributed by atoms with Gasteiger partial charge in [-0.1, -0.05) is 38.8 Å². The fraction of sp³-hybridized carbons (Fsp3) is 0.579. The molecule has 1 aromatic rings. The zero-order valence-electron chi connectivity index (χ0n) is 15.0. The summed E-state index contributed by atoms with van der Waals surface area (Å²) in [6.45, 7) is 6.03. The number of halogens is 1. The van der Waals surface area contributed by atoms with E-state index in [2.05, 4.69) is 20.8 Å². The molecule has 2 N–H and O–H groups in total. The number of rotatable bonds is 5. The second kappa shape index (κ2) is 8.56. The summed E-state index contributed by atoms with van der Waals surface area (Å²) in [7, 11) is 0. The minimum atomic E-state index is -0.663. The highest BCUT2D eigenvalue weighted by molar-refractivity contribution is 6.31. The van der Waals surface area contributed by atoms with Crippen molar-refractivity contribution < 1.29 is 19.1 Å². The lowest BCUT2D eigenvalue weighted by Crippen LogP contribution is -2.36. The first-order chi connectivity index (χ1) is 11.8. The molecule has 1 saturated carbocycles. The maximum atomic E-state index is 12.1. The molecule has 0 aliphatic heterocycles. The number of esters is 2. The molecular formula is C19H26ClNO4. The molecule has 0 unspecified atom stereocenters. The van der Waals surface area contributed by atoms with Gasteiger partial charge in [-0.05, 0) is 48.8 Å². The molecule has 1 fully saturated rings. The van der Waals surface area contributed by atoms with E-state index >= 15 is 0 Å². The quantitative estimate of drug-likeness (QED) is 0.626. The zero-order valence-corrected chi connectivity index (χ0v) is 15.7. The van der Waals surface area contributed by atoms with Crippen LogP contribution in [0.1, 0.15) is 50.4 Å². The molecule has 0 aromatic heterocycles. The van der Waals surface area contributed by atoms with Crippen LogP contribution in [0.4, 0.5) is 5.69 Å². The number of carbonyl (C=O) groups excluding carboxylic acids is 2. The Hall–Kier alpha value is -1.75. The first-order valence-corrected chi connectivity index (χ1v) is 9.07. The Morgan fingerprint density at radius 2 is 2.04 bits per heavy atom. The van der Waals surface area contributed by atoms with E-state index in [1.54, 1.807) is 6.07 Å². The van der Waals surface area contributed by atoms with Crippen LogP contribution in [0, 0.1) is 17.8 Å². The fourth-order valence-electron chi connectivity index (χ4n) is 3.37. The molecule has 0 radical (unpaired) electrons. The lowest BCUT2D eigenvalue weighted by atomic mass is 9.75. The smallest absolute Gasteiger partial charge is 0.344 e. The topological polar surface area (TPSA) is 78.6 Å². The summed E-state index contributed by atoms with van der Waals surface area (Å²) in [5, 5.41) is 0.430. The number of nitrogen functional groups attached to an aromatic ring is 1. The van der Waals surface area contributed by atoms with Crippen molar-refractivity contribution >= 4 is 29.2 Å². The Morgan fingerprint density at radius 1 is 1.32 bits per heavy atom. The molecule has 1 aliphatic rings. The van der Waals surface area contributed by atoms with Gasteiger partial charge in [-0.3, -0.25) is 0 Å². The summed E-state index contributed by atoms with van der Waals surface area (Å²) in [5.41, 5.74) is 6.14. The van der Waals surface area contributed by atoms with E-state index in [1.807, 2.05) is 0 Å². The average Bonchev–Trinajstić information content (AvgIpc) is 2.52. The van der Waals surface area contributed by atoms with E-state index < -0.39 is 18.5 Å². The maximum absolute atomic E-state index is 12.1. The van der Waals surface area contributed by atoms with Crippen molar-refractivity contribution in [2.75, 3.05) is 12.3 Å². The second-order valence-electron chi connectivity index (χ2n) is 7.16. The summed E-state index contributed by atoms with van der Waals surface area (Å²) >= 11 is 5.80. The molecule has 0 amide bonds. The molecule has 3 atom stereocenters. The third-order valence-corrected chi connectivity index (χ3v) is 5.03. The van der Waals surface area contributed by atoms with Crippen LogP contribution in [0.5, 0.6) is 0 Å². The molecule has 0 spiro atoms. The number of ether oxygens (including phenoxy) is 2. The molecular weight excluding hydrogens is 342 g/mol. The number of carbonyl (C=O) groups is 2. The standard InChI is InChI=1S/C19H26ClNO4/c1-11(2)14-6-4-12(3)8-17(14)25-18(22)10-24-19(23)15-7-5-13(20)9-16(15)21/h5,7,9,11-12,14,17H,4,6,8,10,21H2,1-3H3/t12-,14-,17+/m1/s1. The number of nitrogens with two attached hydrogens (primary N) is 1.